The first-order valence-corrected chi connectivity index (χ1v) is 16.2. The van der Waals surface area contributed by atoms with Crippen LogP contribution in [0.4, 0.5) is 5.69 Å². The number of piperazine rings is 1. The molecule has 3 aliphatic rings. The van der Waals surface area contributed by atoms with Crippen molar-refractivity contribution in [2.24, 2.45) is 0 Å². The van der Waals surface area contributed by atoms with Crippen LogP contribution in [0.15, 0.2) is 73.1 Å². The van der Waals surface area contributed by atoms with Crippen molar-refractivity contribution in [2.75, 3.05) is 51.3 Å². The summed E-state index contributed by atoms with van der Waals surface area (Å²) in [7, 11) is 2.18. The molecule has 0 spiro atoms. The van der Waals surface area contributed by atoms with Gasteiger partial charge in [0, 0.05) is 54.9 Å². The SMILES string of the molecule is CN1CCN(Cc2ccc(-c3cc4c(-c5cccc(N6CCOc7cc(C8CC8)ccc7C6=O)c5CO)ncnc4[nH]3)cc2)CC1.[BH4-]. The molecule has 2 aromatic heterocycles. The number of nitrogens with one attached hydrogen (secondary N) is 1. The van der Waals surface area contributed by atoms with Crippen molar-refractivity contribution < 1.29 is 14.6 Å². The third-order valence-corrected chi connectivity index (χ3v) is 9.65. The summed E-state index contributed by atoms with van der Waals surface area (Å²) in [5.41, 5.74) is 8.59. The lowest BCUT2D eigenvalue weighted by atomic mass is 9.99. The quantitative estimate of drug-likeness (QED) is 0.263. The Kier molecular flexibility index (Phi) is 8.57. The zero-order valence-electron chi connectivity index (χ0n) is 26.1. The van der Waals surface area contributed by atoms with E-state index in [1.54, 1.807) is 11.2 Å². The summed E-state index contributed by atoms with van der Waals surface area (Å²) in [5.74, 6) is 1.09. The number of ether oxygens (including phenoxy) is 1. The minimum Gasteiger partial charge on any atom is -0.491 e. The maximum atomic E-state index is 13.9. The van der Waals surface area contributed by atoms with Crippen molar-refractivity contribution in [2.45, 2.75) is 31.9 Å². The Morgan fingerprint density at radius 1 is 0.936 bits per heavy atom. The number of carbonyl (C=O) groups excluding carboxylic acids is 1. The molecule has 1 amide bonds. The van der Waals surface area contributed by atoms with Crippen LogP contribution < -0.4 is 9.64 Å². The number of fused-ring (bicyclic) bond motifs is 2. The number of H-pyrrole nitrogens is 1. The molecule has 8 rings (SSSR count). The van der Waals surface area contributed by atoms with Crippen molar-refractivity contribution in [3.05, 3.63) is 95.3 Å². The van der Waals surface area contributed by atoms with E-state index >= 15 is 0 Å². The molecule has 0 unspecified atom stereocenters. The third-order valence-electron chi connectivity index (χ3n) is 9.65. The highest BCUT2D eigenvalue weighted by Crippen LogP contribution is 2.43. The molecule has 242 valence electrons. The van der Waals surface area contributed by atoms with Crippen molar-refractivity contribution in [3.63, 3.8) is 0 Å². The van der Waals surface area contributed by atoms with Crippen LogP contribution in [-0.4, -0.2) is 90.6 Å². The topological polar surface area (TPSA) is 97.8 Å². The molecule has 0 radical (unpaired) electrons. The fourth-order valence-corrected chi connectivity index (χ4v) is 6.81. The Hall–Kier alpha value is -4.51. The predicted molar refractivity (Wildman–Crippen MR) is 190 cm³/mol. The molecule has 9 nitrogen and oxygen atoms in total. The smallest absolute Gasteiger partial charge is 0.262 e. The molecule has 2 aliphatic heterocycles. The number of amides is 1. The maximum absolute atomic E-state index is 13.9. The van der Waals surface area contributed by atoms with Gasteiger partial charge in [-0.25, -0.2) is 9.97 Å². The summed E-state index contributed by atoms with van der Waals surface area (Å²) in [6.45, 7) is 5.84. The second-order valence-electron chi connectivity index (χ2n) is 12.7. The highest BCUT2D eigenvalue weighted by molar-refractivity contribution is 6.09. The van der Waals surface area contributed by atoms with Crippen LogP contribution >= 0.6 is 0 Å². The van der Waals surface area contributed by atoms with E-state index in [4.69, 9.17) is 4.74 Å². The first-order chi connectivity index (χ1) is 22.6. The molecule has 1 aliphatic carbocycles. The Balaban J connectivity index is 0.00000351. The van der Waals surface area contributed by atoms with Gasteiger partial charge in [0.15, 0.2) is 0 Å². The Labute approximate surface area is 276 Å². The molecule has 2 N–H and O–H groups in total. The van der Waals surface area contributed by atoms with Crippen LogP contribution in [0.5, 0.6) is 5.75 Å². The summed E-state index contributed by atoms with van der Waals surface area (Å²) in [6, 6.07) is 22.5. The normalized spacial score (nSPS) is 17.2. The molecule has 1 saturated heterocycles. The Bertz CT molecular complexity index is 1910. The van der Waals surface area contributed by atoms with Crippen LogP contribution in [0.2, 0.25) is 0 Å². The van der Waals surface area contributed by atoms with Gasteiger partial charge in [-0.3, -0.25) is 9.69 Å². The van der Waals surface area contributed by atoms with Gasteiger partial charge in [-0.1, -0.05) is 50.9 Å². The number of hydrogen-bond acceptors (Lipinski definition) is 7. The number of carbonyl (C=O) groups is 1. The number of aromatic nitrogens is 3. The number of aromatic amines is 1. The van der Waals surface area contributed by atoms with Crippen molar-refractivity contribution >= 4 is 31.0 Å². The minimum absolute atomic E-state index is 0. The average molecular weight is 630 g/mol. The fraction of sp³-hybridized carbons (Fsp3) is 0.324. The molecule has 3 aromatic carbocycles. The molecule has 1 saturated carbocycles. The standard InChI is InChI=1S/C37H38N6O3.BH4/c1-41-13-15-42(16-14-41)21-24-5-7-26(8-6-24)32-20-30-35(38-23-39-36(30)40-32)28-3-2-4-33(31(28)22-44)43-17-18-46-34-19-27(25-9-10-25)11-12-29(34)37(43)45;/h2-8,11-12,19-20,23,25,44H,9-10,13-18,21-22H2,1H3,(H,38,39,40);1H4/q;-1. The van der Waals surface area contributed by atoms with Crippen molar-refractivity contribution in [3.8, 4) is 28.3 Å². The van der Waals surface area contributed by atoms with Crippen molar-refractivity contribution in [1.82, 2.24) is 24.8 Å². The number of nitrogens with zero attached hydrogens (tertiary/aromatic N) is 5. The number of aliphatic hydroxyl groups excluding tert-OH is 1. The van der Waals surface area contributed by atoms with Crippen LogP contribution in [-0.2, 0) is 13.2 Å². The number of benzene rings is 3. The number of hydrogen-bond donors (Lipinski definition) is 2. The molecular formula is C37H42BN6O3-. The lowest BCUT2D eigenvalue weighted by molar-refractivity contribution is 0.0989. The largest absolute Gasteiger partial charge is 0.491 e. The van der Waals surface area contributed by atoms with Crippen LogP contribution in [0, 0.1) is 0 Å². The van der Waals surface area contributed by atoms with Gasteiger partial charge in [-0.05, 0) is 66.8 Å². The molecule has 5 aromatic rings. The number of anilines is 1. The molecule has 0 bridgehead atoms. The second kappa shape index (κ2) is 12.9. The predicted octanol–water partition coefficient (Wildman–Crippen LogP) is 4.00. The lowest BCUT2D eigenvalue weighted by Gasteiger charge is -2.32. The van der Waals surface area contributed by atoms with E-state index in [1.807, 2.05) is 36.4 Å². The van der Waals surface area contributed by atoms with E-state index in [1.165, 1.54) is 24.0 Å². The highest BCUT2D eigenvalue weighted by atomic mass is 16.5. The van der Waals surface area contributed by atoms with E-state index in [0.29, 0.717) is 47.3 Å². The first kappa shape index (κ1) is 31.1. The summed E-state index contributed by atoms with van der Waals surface area (Å²) < 4.78 is 6.08. The van der Waals surface area contributed by atoms with Gasteiger partial charge >= 0.3 is 0 Å². The highest BCUT2D eigenvalue weighted by Gasteiger charge is 2.30. The lowest BCUT2D eigenvalue weighted by Crippen LogP contribution is -2.43. The van der Waals surface area contributed by atoms with Crippen LogP contribution in [0.1, 0.15) is 45.8 Å². The number of likely N-dealkylation sites (N-methyl/N-ethyl adjacent to an activating group) is 1. The maximum Gasteiger partial charge on any atom is 0.262 e. The van der Waals surface area contributed by atoms with Crippen molar-refractivity contribution in [1.29, 1.82) is 0 Å². The zero-order valence-corrected chi connectivity index (χ0v) is 26.1. The molecular weight excluding hydrogens is 587 g/mol. The van der Waals surface area contributed by atoms with Gasteiger partial charge in [-0.15, -0.1) is 0 Å². The summed E-state index contributed by atoms with van der Waals surface area (Å²) >= 11 is 0. The van der Waals surface area contributed by atoms with Gasteiger partial charge < -0.3 is 24.6 Å². The van der Waals surface area contributed by atoms with Crippen LogP contribution in [0.3, 0.4) is 0 Å². The zero-order chi connectivity index (χ0) is 31.2. The summed E-state index contributed by atoms with van der Waals surface area (Å²) in [5, 5.41) is 11.6. The fourth-order valence-electron chi connectivity index (χ4n) is 6.81. The van der Waals surface area contributed by atoms with Crippen LogP contribution in [0.25, 0.3) is 33.5 Å². The van der Waals surface area contributed by atoms with E-state index in [0.717, 1.165) is 60.6 Å². The molecule has 2 fully saturated rings. The second-order valence-corrected chi connectivity index (χ2v) is 12.7. The van der Waals surface area contributed by atoms with E-state index in [9.17, 15) is 9.90 Å². The van der Waals surface area contributed by atoms with E-state index in [2.05, 4.69) is 62.1 Å². The van der Waals surface area contributed by atoms with Gasteiger partial charge in [0.05, 0.1) is 30.1 Å². The Morgan fingerprint density at radius 3 is 2.51 bits per heavy atom. The molecule has 47 heavy (non-hydrogen) atoms. The van der Waals surface area contributed by atoms with E-state index in [-0.39, 0.29) is 20.9 Å². The van der Waals surface area contributed by atoms with Gasteiger partial charge in [0.1, 0.15) is 24.3 Å². The molecule has 10 heteroatoms. The monoisotopic (exact) mass is 629 g/mol. The van der Waals surface area contributed by atoms with E-state index < -0.39 is 0 Å². The molecule has 0 atom stereocenters. The Morgan fingerprint density at radius 2 is 1.74 bits per heavy atom. The van der Waals surface area contributed by atoms with Gasteiger partial charge in [0.2, 0.25) is 0 Å². The minimum atomic E-state index is -0.249. The van der Waals surface area contributed by atoms with Gasteiger partial charge in [0.25, 0.3) is 5.91 Å². The van der Waals surface area contributed by atoms with Gasteiger partial charge in [-0.2, -0.15) is 0 Å². The number of rotatable bonds is 7. The summed E-state index contributed by atoms with van der Waals surface area (Å²) in [4.78, 5) is 33.2. The average Bonchev–Trinajstić information content (AvgIpc) is 3.87. The molecule has 4 heterocycles. The summed E-state index contributed by atoms with van der Waals surface area (Å²) in [6.07, 6.45) is 3.92. The first-order valence-electron chi connectivity index (χ1n) is 16.2. The third kappa shape index (κ3) is 6.04. The number of aliphatic hydroxyl groups is 1.